The number of primary amides is 1. The molecule has 3 amide bonds. The van der Waals surface area contributed by atoms with Crippen LogP contribution in [0.4, 0.5) is 0 Å². The van der Waals surface area contributed by atoms with Gasteiger partial charge in [-0.15, -0.1) is 0 Å². The van der Waals surface area contributed by atoms with E-state index in [4.69, 9.17) is 10.5 Å². The highest BCUT2D eigenvalue weighted by atomic mass is 16.5. The lowest BCUT2D eigenvalue weighted by atomic mass is 10.2. The molecule has 23 heavy (non-hydrogen) atoms. The van der Waals surface area contributed by atoms with E-state index in [-0.39, 0.29) is 18.5 Å². The number of carbonyl (C=O) groups excluding carboxylic acids is 3. The number of ether oxygens (including phenoxy) is 1. The largest absolute Gasteiger partial charge is 0.368 e. The monoisotopic (exact) mass is 330 g/mol. The van der Waals surface area contributed by atoms with E-state index in [1.54, 1.807) is 7.05 Å². The van der Waals surface area contributed by atoms with Crippen LogP contribution in [0.25, 0.3) is 0 Å². The third-order valence-electron chi connectivity index (χ3n) is 3.44. The Morgan fingerprint density at radius 2 is 2.04 bits per heavy atom. The van der Waals surface area contributed by atoms with Gasteiger partial charge in [0.25, 0.3) is 0 Å². The standard InChI is InChI=1S/C13H24N4O4.C2H6/c1-9(16-11(19)7-15-2)5-6-21-12-4-3-10(13(14)20)17(12)8-18;1-2/h8-10,12,15H,3-7H2,1-2H3,(H2,14,20)(H,16,19);1-2H3. The molecule has 0 aromatic rings. The first-order valence-electron chi connectivity index (χ1n) is 8.07. The lowest BCUT2D eigenvalue weighted by molar-refractivity contribution is -0.139. The van der Waals surface area contributed by atoms with Gasteiger partial charge in [-0.1, -0.05) is 13.8 Å². The Balaban J connectivity index is 0.00000232. The fourth-order valence-corrected chi connectivity index (χ4v) is 2.34. The molecule has 0 radical (unpaired) electrons. The number of hydrogen-bond acceptors (Lipinski definition) is 5. The average molecular weight is 330 g/mol. The molecule has 0 spiro atoms. The third kappa shape index (κ3) is 7.43. The van der Waals surface area contributed by atoms with Crippen LogP contribution < -0.4 is 16.4 Å². The van der Waals surface area contributed by atoms with Crippen molar-refractivity contribution in [2.24, 2.45) is 5.73 Å². The molecule has 0 bridgehead atoms. The van der Waals surface area contributed by atoms with E-state index >= 15 is 0 Å². The Hall–Kier alpha value is -1.67. The van der Waals surface area contributed by atoms with Crippen LogP contribution >= 0.6 is 0 Å². The molecule has 1 heterocycles. The summed E-state index contributed by atoms with van der Waals surface area (Å²) < 4.78 is 5.62. The van der Waals surface area contributed by atoms with Gasteiger partial charge in [-0.2, -0.15) is 0 Å². The minimum absolute atomic E-state index is 0.0242. The van der Waals surface area contributed by atoms with Crippen LogP contribution in [0.3, 0.4) is 0 Å². The number of hydrogen-bond donors (Lipinski definition) is 3. The van der Waals surface area contributed by atoms with E-state index in [0.717, 1.165) is 0 Å². The summed E-state index contributed by atoms with van der Waals surface area (Å²) >= 11 is 0. The molecule has 4 N–H and O–H groups in total. The summed E-state index contributed by atoms with van der Waals surface area (Å²) in [4.78, 5) is 34.9. The molecule has 1 rings (SSSR count). The second-order valence-electron chi connectivity index (χ2n) is 5.16. The third-order valence-corrected chi connectivity index (χ3v) is 3.44. The summed E-state index contributed by atoms with van der Waals surface area (Å²) in [6, 6.07) is -0.607. The molecule has 8 nitrogen and oxygen atoms in total. The Morgan fingerprint density at radius 3 is 2.57 bits per heavy atom. The molecule has 1 aliphatic rings. The van der Waals surface area contributed by atoms with Crippen LogP contribution in [0.1, 0.15) is 40.0 Å². The zero-order valence-corrected chi connectivity index (χ0v) is 14.5. The van der Waals surface area contributed by atoms with Gasteiger partial charge in [0.05, 0.1) is 13.2 Å². The fourth-order valence-electron chi connectivity index (χ4n) is 2.34. The highest BCUT2D eigenvalue weighted by Crippen LogP contribution is 2.23. The summed E-state index contributed by atoms with van der Waals surface area (Å²) in [7, 11) is 1.70. The maximum absolute atomic E-state index is 11.4. The number of rotatable bonds is 9. The van der Waals surface area contributed by atoms with Crippen molar-refractivity contribution in [1.29, 1.82) is 0 Å². The van der Waals surface area contributed by atoms with Crippen molar-refractivity contribution in [3.05, 3.63) is 0 Å². The van der Waals surface area contributed by atoms with Crippen LogP contribution in [0, 0.1) is 0 Å². The van der Waals surface area contributed by atoms with Gasteiger partial charge in [0.2, 0.25) is 18.2 Å². The molecule has 3 atom stereocenters. The quantitative estimate of drug-likeness (QED) is 0.497. The molecule has 1 fully saturated rings. The highest BCUT2D eigenvalue weighted by molar-refractivity contribution is 5.82. The zero-order valence-electron chi connectivity index (χ0n) is 14.5. The smallest absolute Gasteiger partial charge is 0.240 e. The van der Waals surface area contributed by atoms with E-state index in [9.17, 15) is 14.4 Å². The van der Waals surface area contributed by atoms with Gasteiger partial charge < -0.3 is 26.0 Å². The van der Waals surface area contributed by atoms with Crippen LogP contribution in [-0.2, 0) is 19.1 Å². The Kier molecular flexibility index (Phi) is 11.0. The lowest BCUT2D eigenvalue weighted by Gasteiger charge is -2.25. The minimum atomic E-state index is -0.583. The van der Waals surface area contributed by atoms with E-state index < -0.39 is 18.2 Å². The lowest BCUT2D eigenvalue weighted by Crippen LogP contribution is -2.44. The Labute approximate surface area is 138 Å². The van der Waals surface area contributed by atoms with E-state index in [0.29, 0.717) is 32.3 Å². The van der Waals surface area contributed by atoms with Crippen molar-refractivity contribution in [3.63, 3.8) is 0 Å². The summed E-state index contributed by atoms with van der Waals surface area (Å²) in [6.07, 6.45) is 1.92. The normalized spacial score (nSPS) is 21.1. The van der Waals surface area contributed by atoms with Gasteiger partial charge in [0.1, 0.15) is 12.3 Å². The summed E-state index contributed by atoms with van der Waals surface area (Å²) in [5, 5.41) is 5.59. The van der Waals surface area contributed by atoms with Crippen molar-refractivity contribution < 1.29 is 19.1 Å². The van der Waals surface area contributed by atoms with Gasteiger partial charge >= 0.3 is 0 Å². The number of carbonyl (C=O) groups is 3. The van der Waals surface area contributed by atoms with Gasteiger partial charge in [-0.05, 0) is 33.2 Å². The summed E-state index contributed by atoms with van der Waals surface area (Å²) in [5.41, 5.74) is 5.24. The van der Waals surface area contributed by atoms with Crippen molar-refractivity contribution in [2.45, 2.75) is 58.3 Å². The van der Waals surface area contributed by atoms with Crippen LogP contribution in [-0.4, -0.2) is 61.6 Å². The number of amides is 3. The second-order valence-corrected chi connectivity index (χ2v) is 5.16. The Morgan fingerprint density at radius 1 is 1.39 bits per heavy atom. The summed E-state index contributed by atoms with van der Waals surface area (Å²) in [6.45, 7) is 6.55. The van der Waals surface area contributed by atoms with Crippen LogP contribution in [0.2, 0.25) is 0 Å². The van der Waals surface area contributed by atoms with E-state index in [2.05, 4.69) is 10.6 Å². The molecule has 0 aliphatic carbocycles. The number of nitrogens with one attached hydrogen (secondary N) is 2. The van der Waals surface area contributed by atoms with Crippen LogP contribution in [0.15, 0.2) is 0 Å². The maximum atomic E-state index is 11.4. The average Bonchev–Trinajstić information content (AvgIpc) is 2.92. The fraction of sp³-hybridized carbons (Fsp3) is 0.800. The molecule has 1 aliphatic heterocycles. The second kappa shape index (κ2) is 11.8. The number of likely N-dealkylation sites (tertiary alicyclic amines) is 1. The van der Waals surface area contributed by atoms with Crippen molar-refractivity contribution >= 4 is 18.2 Å². The van der Waals surface area contributed by atoms with Gasteiger partial charge in [0, 0.05) is 6.04 Å². The molecular weight excluding hydrogens is 300 g/mol. The maximum Gasteiger partial charge on any atom is 0.240 e. The van der Waals surface area contributed by atoms with Crippen molar-refractivity contribution in [2.75, 3.05) is 20.2 Å². The van der Waals surface area contributed by atoms with Crippen molar-refractivity contribution in [1.82, 2.24) is 15.5 Å². The van der Waals surface area contributed by atoms with Gasteiger partial charge in [0.15, 0.2) is 0 Å². The predicted octanol–water partition coefficient (Wildman–Crippen LogP) is -0.424. The molecular formula is C15H30N4O4. The first-order valence-corrected chi connectivity index (χ1v) is 8.07. The highest BCUT2D eigenvalue weighted by Gasteiger charge is 2.36. The minimum Gasteiger partial charge on any atom is -0.368 e. The predicted molar refractivity (Wildman–Crippen MR) is 87.4 cm³/mol. The number of nitrogens with zero attached hydrogens (tertiary/aromatic N) is 1. The molecule has 0 aromatic carbocycles. The van der Waals surface area contributed by atoms with Gasteiger partial charge in [-0.3, -0.25) is 14.4 Å². The SMILES string of the molecule is CC.CNCC(=O)NC(C)CCOC1CCC(C(N)=O)N1C=O. The molecule has 3 unspecified atom stereocenters. The van der Waals surface area contributed by atoms with Crippen LogP contribution in [0.5, 0.6) is 0 Å². The van der Waals surface area contributed by atoms with E-state index in [1.165, 1.54) is 4.90 Å². The van der Waals surface area contributed by atoms with Crippen molar-refractivity contribution in [3.8, 4) is 0 Å². The zero-order chi connectivity index (χ0) is 17.8. The number of likely N-dealkylation sites (N-methyl/N-ethyl adjacent to an activating group) is 1. The molecule has 1 saturated heterocycles. The first-order chi connectivity index (χ1) is 11.0. The van der Waals surface area contributed by atoms with Gasteiger partial charge in [-0.25, -0.2) is 0 Å². The summed E-state index contributed by atoms with van der Waals surface area (Å²) in [5.74, 6) is -0.588. The molecule has 134 valence electrons. The molecule has 0 saturated carbocycles. The van der Waals surface area contributed by atoms with E-state index in [1.807, 2.05) is 20.8 Å². The Bertz CT molecular complexity index is 378. The molecule has 0 aromatic heterocycles. The first kappa shape index (κ1) is 21.3. The molecule has 8 heteroatoms. The topological polar surface area (TPSA) is 114 Å². The number of nitrogens with two attached hydrogens (primary N) is 1.